The first kappa shape index (κ1) is 22.8. The van der Waals surface area contributed by atoms with Gasteiger partial charge in [0.25, 0.3) is 0 Å². The summed E-state index contributed by atoms with van der Waals surface area (Å²) in [6, 6.07) is 26.7. The maximum Gasteiger partial charge on any atom is 0.141 e. The summed E-state index contributed by atoms with van der Waals surface area (Å²) in [5.41, 5.74) is 12.0. The minimum atomic E-state index is 0.882. The van der Waals surface area contributed by atoms with Gasteiger partial charge in [-0.05, 0) is 88.7 Å². The van der Waals surface area contributed by atoms with Crippen LogP contribution in [-0.2, 0) is 6.42 Å². The van der Waals surface area contributed by atoms with Crippen molar-refractivity contribution in [1.29, 1.82) is 0 Å². The SMILES string of the molecule is Cc1ccc(-c2ccc(-c3ccc(Cc4ccc(C)c5occc45)c4sccc34)c3sccc23)c2occc12. The van der Waals surface area contributed by atoms with Crippen LogP contribution in [0.1, 0.15) is 22.3 Å². The molecule has 0 N–H and O–H groups in total. The van der Waals surface area contributed by atoms with Gasteiger partial charge in [0.15, 0.2) is 0 Å². The fourth-order valence-corrected chi connectivity index (χ4v) is 7.92. The van der Waals surface area contributed by atoms with E-state index in [2.05, 4.69) is 97.4 Å². The molecule has 0 radical (unpaired) electrons. The largest absolute Gasteiger partial charge is 0.464 e. The highest BCUT2D eigenvalue weighted by Gasteiger charge is 2.18. The zero-order chi connectivity index (χ0) is 26.1. The van der Waals surface area contributed by atoms with Gasteiger partial charge in [-0.25, -0.2) is 0 Å². The van der Waals surface area contributed by atoms with Crippen molar-refractivity contribution in [3.05, 3.63) is 118 Å². The molecule has 0 spiro atoms. The number of rotatable bonds is 4. The van der Waals surface area contributed by atoms with E-state index in [1.165, 1.54) is 69.9 Å². The molecule has 4 aromatic carbocycles. The maximum absolute atomic E-state index is 5.96. The van der Waals surface area contributed by atoms with E-state index < -0.39 is 0 Å². The quantitative estimate of drug-likeness (QED) is 0.222. The topological polar surface area (TPSA) is 26.3 Å². The Balaban J connectivity index is 1.26. The van der Waals surface area contributed by atoms with Crippen LogP contribution in [0, 0.1) is 13.8 Å². The molecule has 188 valence electrons. The fourth-order valence-electron chi connectivity index (χ4n) is 6.03. The van der Waals surface area contributed by atoms with Gasteiger partial charge in [0.1, 0.15) is 11.2 Å². The molecule has 0 saturated carbocycles. The number of benzene rings is 4. The van der Waals surface area contributed by atoms with Gasteiger partial charge in [-0.1, -0.05) is 48.5 Å². The summed E-state index contributed by atoms with van der Waals surface area (Å²) in [7, 11) is 0. The van der Waals surface area contributed by atoms with E-state index in [1.807, 2.05) is 22.7 Å². The molecule has 0 aliphatic rings. The van der Waals surface area contributed by atoms with Gasteiger partial charge in [0.05, 0.1) is 12.5 Å². The van der Waals surface area contributed by atoms with E-state index in [4.69, 9.17) is 8.83 Å². The number of thiophene rings is 2. The molecule has 0 bridgehead atoms. The van der Waals surface area contributed by atoms with Crippen molar-refractivity contribution >= 4 is 64.8 Å². The normalized spacial score (nSPS) is 11.9. The van der Waals surface area contributed by atoms with Crippen molar-refractivity contribution in [2.45, 2.75) is 20.3 Å². The second kappa shape index (κ2) is 8.70. The lowest BCUT2D eigenvalue weighted by Crippen LogP contribution is -1.92. The summed E-state index contributed by atoms with van der Waals surface area (Å²) in [4.78, 5) is 0. The van der Waals surface area contributed by atoms with Crippen LogP contribution in [-0.4, -0.2) is 0 Å². The molecule has 0 unspecified atom stereocenters. The molecule has 0 saturated heterocycles. The van der Waals surface area contributed by atoms with E-state index in [0.29, 0.717) is 0 Å². The minimum Gasteiger partial charge on any atom is -0.464 e. The zero-order valence-corrected chi connectivity index (χ0v) is 23.2. The van der Waals surface area contributed by atoms with Gasteiger partial charge < -0.3 is 8.83 Å². The van der Waals surface area contributed by atoms with Crippen molar-refractivity contribution in [1.82, 2.24) is 0 Å². The van der Waals surface area contributed by atoms with Crippen LogP contribution in [0.4, 0.5) is 0 Å². The summed E-state index contributed by atoms with van der Waals surface area (Å²) in [6.07, 6.45) is 4.48. The summed E-state index contributed by atoms with van der Waals surface area (Å²) in [5, 5.41) is 9.41. The van der Waals surface area contributed by atoms with E-state index in [0.717, 1.165) is 23.2 Å². The number of hydrogen-bond acceptors (Lipinski definition) is 4. The Morgan fingerprint density at radius 1 is 0.487 bits per heavy atom. The van der Waals surface area contributed by atoms with Gasteiger partial charge in [-0.3, -0.25) is 0 Å². The smallest absolute Gasteiger partial charge is 0.141 e. The molecule has 2 nitrogen and oxygen atoms in total. The standard InChI is InChI=1S/C35H24O2S2/c1-20-4-7-28(33-24(20)11-15-37-33)26-9-10-29(35-31(26)14-18-39-35)27-8-6-23(34-30(27)13-17-38-34)19-22-5-3-21(2)32-25(22)12-16-36-32/h3-18H,19H2,1-2H3. The van der Waals surface area contributed by atoms with E-state index >= 15 is 0 Å². The lowest BCUT2D eigenvalue weighted by molar-refractivity contribution is 0.613. The molecule has 0 atom stereocenters. The first-order valence-electron chi connectivity index (χ1n) is 13.1. The van der Waals surface area contributed by atoms with Crippen molar-refractivity contribution < 1.29 is 8.83 Å². The molecule has 8 rings (SSSR count). The third-order valence-electron chi connectivity index (χ3n) is 8.01. The van der Waals surface area contributed by atoms with E-state index in [1.54, 1.807) is 12.5 Å². The Labute approximate surface area is 233 Å². The summed E-state index contributed by atoms with van der Waals surface area (Å²) in [5.74, 6) is 0. The van der Waals surface area contributed by atoms with Crippen molar-refractivity contribution in [2.75, 3.05) is 0 Å². The third-order valence-corrected chi connectivity index (χ3v) is 9.95. The molecule has 4 heterocycles. The monoisotopic (exact) mass is 540 g/mol. The van der Waals surface area contributed by atoms with Crippen LogP contribution in [0.2, 0.25) is 0 Å². The van der Waals surface area contributed by atoms with Crippen molar-refractivity contribution in [2.24, 2.45) is 0 Å². The molecule has 0 aliphatic carbocycles. The van der Waals surface area contributed by atoms with Crippen LogP contribution in [0.15, 0.2) is 105 Å². The predicted octanol–water partition coefficient (Wildman–Crippen LogP) is 11.2. The average Bonchev–Trinajstić information content (AvgIpc) is 3.76. The zero-order valence-electron chi connectivity index (χ0n) is 21.6. The summed E-state index contributed by atoms with van der Waals surface area (Å²) in [6.45, 7) is 4.24. The molecule has 4 heteroatoms. The highest BCUT2D eigenvalue weighted by Crippen LogP contribution is 2.44. The molecule has 0 fully saturated rings. The molecule has 0 aliphatic heterocycles. The van der Waals surface area contributed by atoms with Gasteiger partial charge in [-0.2, -0.15) is 0 Å². The maximum atomic E-state index is 5.96. The Morgan fingerprint density at radius 2 is 1.10 bits per heavy atom. The Morgan fingerprint density at radius 3 is 1.97 bits per heavy atom. The molecule has 39 heavy (non-hydrogen) atoms. The van der Waals surface area contributed by atoms with E-state index in [-0.39, 0.29) is 0 Å². The van der Waals surface area contributed by atoms with Crippen LogP contribution >= 0.6 is 22.7 Å². The molecule has 0 amide bonds. The Kier molecular flexibility index (Phi) is 5.09. The van der Waals surface area contributed by atoms with Gasteiger partial charge >= 0.3 is 0 Å². The summed E-state index contributed by atoms with van der Waals surface area (Å²) < 4.78 is 14.4. The molecular formula is C35H24O2S2. The third kappa shape index (κ3) is 3.45. The second-order valence-corrected chi connectivity index (χ2v) is 12.1. The van der Waals surface area contributed by atoms with Crippen molar-refractivity contribution in [3.8, 4) is 22.3 Å². The number of fused-ring (bicyclic) bond motifs is 4. The average molecular weight is 541 g/mol. The number of hydrogen-bond donors (Lipinski definition) is 0. The lowest BCUT2D eigenvalue weighted by Gasteiger charge is -2.13. The molecule has 8 aromatic rings. The predicted molar refractivity (Wildman–Crippen MR) is 166 cm³/mol. The Bertz CT molecular complexity index is 2180. The second-order valence-electron chi connectivity index (χ2n) is 10.2. The lowest BCUT2D eigenvalue weighted by atomic mass is 9.92. The van der Waals surface area contributed by atoms with Gasteiger partial charge in [-0.15, -0.1) is 22.7 Å². The van der Waals surface area contributed by atoms with E-state index in [9.17, 15) is 0 Å². The van der Waals surface area contributed by atoms with Crippen molar-refractivity contribution in [3.63, 3.8) is 0 Å². The van der Waals surface area contributed by atoms with Gasteiger partial charge in [0, 0.05) is 42.1 Å². The first-order chi connectivity index (χ1) is 19.2. The van der Waals surface area contributed by atoms with Crippen LogP contribution in [0.3, 0.4) is 0 Å². The number of aryl methyl sites for hydroxylation is 2. The molecule has 4 aromatic heterocycles. The molecular weight excluding hydrogens is 517 g/mol. The first-order valence-corrected chi connectivity index (χ1v) is 14.9. The van der Waals surface area contributed by atoms with Gasteiger partial charge in [0.2, 0.25) is 0 Å². The highest BCUT2D eigenvalue weighted by atomic mass is 32.1. The highest BCUT2D eigenvalue weighted by molar-refractivity contribution is 7.18. The van der Waals surface area contributed by atoms with Crippen LogP contribution < -0.4 is 0 Å². The minimum absolute atomic E-state index is 0.882. The number of furan rings is 2. The van der Waals surface area contributed by atoms with Crippen LogP contribution in [0.25, 0.3) is 64.4 Å². The van der Waals surface area contributed by atoms with Crippen LogP contribution in [0.5, 0.6) is 0 Å². The Hall–Kier alpha value is -4.12. The fraction of sp³-hybridized carbons (Fsp3) is 0.0857. The summed E-state index contributed by atoms with van der Waals surface area (Å²) >= 11 is 3.64.